The minimum Gasteiger partial charge on any atom is -0.381 e. The maximum atomic E-state index is 12.2. The van der Waals surface area contributed by atoms with Crippen LogP contribution in [0.5, 0.6) is 0 Å². The van der Waals surface area contributed by atoms with Crippen LogP contribution in [0.1, 0.15) is 5.56 Å². The summed E-state index contributed by atoms with van der Waals surface area (Å²) in [5.74, 6) is -0.0480. The number of nitrogens with one attached hydrogen (secondary N) is 1. The van der Waals surface area contributed by atoms with Gasteiger partial charge in [-0.25, -0.2) is 4.98 Å². The van der Waals surface area contributed by atoms with E-state index in [4.69, 9.17) is 17.3 Å². The van der Waals surface area contributed by atoms with Gasteiger partial charge in [-0.2, -0.15) is 8.42 Å². The Kier molecular flexibility index (Phi) is 3.42. The number of rotatable bonds is 3. The number of hydrogen-bond acceptors (Lipinski definition) is 4. The molecular formula is C11H13ClN4O2S. The molecule has 0 fully saturated rings. The molecule has 0 aliphatic rings. The van der Waals surface area contributed by atoms with E-state index in [9.17, 15) is 8.42 Å². The van der Waals surface area contributed by atoms with E-state index in [0.29, 0.717) is 10.7 Å². The van der Waals surface area contributed by atoms with Crippen molar-refractivity contribution >= 4 is 33.1 Å². The van der Waals surface area contributed by atoms with Gasteiger partial charge < -0.3 is 10.3 Å². The molecule has 0 spiro atoms. The van der Waals surface area contributed by atoms with Crippen LogP contribution in [-0.2, 0) is 17.1 Å². The first-order chi connectivity index (χ1) is 8.81. The van der Waals surface area contributed by atoms with Crippen molar-refractivity contribution in [3.63, 3.8) is 0 Å². The Labute approximate surface area is 116 Å². The van der Waals surface area contributed by atoms with Crippen LogP contribution in [0.4, 0.5) is 11.5 Å². The molecule has 0 aliphatic carbocycles. The lowest BCUT2D eigenvalue weighted by molar-refractivity contribution is 0.592. The first-order valence-corrected chi connectivity index (χ1v) is 7.23. The predicted octanol–water partition coefficient (Wildman–Crippen LogP) is 1.76. The molecule has 1 aromatic heterocycles. The Hall–Kier alpha value is -1.73. The highest BCUT2D eigenvalue weighted by molar-refractivity contribution is 7.92. The van der Waals surface area contributed by atoms with Crippen molar-refractivity contribution in [2.24, 2.45) is 7.05 Å². The molecule has 0 radical (unpaired) electrons. The molecule has 2 rings (SSSR count). The summed E-state index contributed by atoms with van der Waals surface area (Å²) in [6.45, 7) is 1.83. The Morgan fingerprint density at radius 2 is 2.11 bits per heavy atom. The number of aryl methyl sites for hydroxylation is 2. The average Bonchev–Trinajstić information content (AvgIpc) is 2.64. The third-order valence-electron chi connectivity index (χ3n) is 2.59. The average molecular weight is 301 g/mol. The smallest absolute Gasteiger partial charge is 0.281 e. The maximum Gasteiger partial charge on any atom is 0.281 e. The molecule has 0 saturated carbocycles. The standard InChI is InChI=1S/C11H13ClN4O2S/c1-7-3-4-8(5-9(7)12)15-19(17,18)11-10(13)14-6-16(11)2/h3-6,15H,13H2,1-2H3. The van der Waals surface area contributed by atoms with Crippen molar-refractivity contribution in [3.8, 4) is 0 Å². The fraction of sp³-hybridized carbons (Fsp3) is 0.182. The molecule has 1 aromatic carbocycles. The molecule has 3 N–H and O–H groups in total. The first-order valence-electron chi connectivity index (χ1n) is 5.37. The third-order valence-corrected chi connectivity index (χ3v) is 4.51. The van der Waals surface area contributed by atoms with Crippen molar-refractivity contribution < 1.29 is 8.42 Å². The summed E-state index contributed by atoms with van der Waals surface area (Å²) in [5.41, 5.74) is 6.79. The Bertz CT molecular complexity index is 705. The fourth-order valence-electron chi connectivity index (χ4n) is 1.62. The van der Waals surface area contributed by atoms with Gasteiger partial charge in [0.1, 0.15) is 0 Å². The lowest BCUT2D eigenvalue weighted by atomic mass is 10.2. The highest BCUT2D eigenvalue weighted by Gasteiger charge is 2.22. The summed E-state index contributed by atoms with van der Waals surface area (Å²) in [7, 11) is -2.24. The van der Waals surface area contributed by atoms with Gasteiger partial charge in [0.2, 0.25) is 0 Å². The molecule has 19 heavy (non-hydrogen) atoms. The molecule has 8 heteroatoms. The zero-order chi connectivity index (χ0) is 14.2. The number of anilines is 2. The van der Waals surface area contributed by atoms with E-state index in [1.807, 2.05) is 6.92 Å². The third kappa shape index (κ3) is 2.66. The summed E-state index contributed by atoms with van der Waals surface area (Å²) in [6.07, 6.45) is 1.34. The number of hydrogen-bond donors (Lipinski definition) is 2. The van der Waals surface area contributed by atoms with Crippen LogP contribution in [0.3, 0.4) is 0 Å². The van der Waals surface area contributed by atoms with Gasteiger partial charge in [0.25, 0.3) is 10.0 Å². The summed E-state index contributed by atoms with van der Waals surface area (Å²) in [5, 5.41) is 0.405. The van der Waals surface area contributed by atoms with Gasteiger partial charge in [0, 0.05) is 12.1 Å². The van der Waals surface area contributed by atoms with Crippen molar-refractivity contribution in [1.29, 1.82) is 0 Å². The summed E-state index contributed by atoms with van der Waals surface area (Å²) >= 11 is 5.95. The fourth-order valence-corrected chi connectivity index (χ4v) is 3.09. The van der Waals surface area contributed by atoms with E-state index in [2.05, 4.69) is 9.71 Å². The van der Waals surface area contributed by atoms with Gasteiger partial charge in [0.15, 0.2) is 10.8 Å². The highest BCUT2D eigenvalue weighted by Crippen LogP contribution is 2.24. The number of aromatic nitrogens is 2. The summed E-state index contributed by atoms with van der Waals surface area (Å²) in [6, 6.07) is 4.90. The number of sulfonamides is 1. The maximum absolute atomic E-state index is 12.2. The predicted molar refractivity (Wildman–Crippen MR) is 74.6 cm³/mol. The molecule has 102 valence electrons. The van der Waals surface area contributed by atoms with Gasteiger partial charge in [-0.3, -0.25) is 4.72 Å². The number of nitrogens with zero attached hydrogens (tertiary/aromatic N) is 2. The van der Waals surface area contributed by atoms with E-state index in [0.717, 1.165) is 5.56 Å². The molecule has 1 heterocycles. The van der Waals surface area contributed by atoms with E-state index in [1.54, 1.807) is 25.2 Å². The minimum absolute atomic E-state index is 0.0480. The lowest BCUT2D eigenvalue weighted by Crippen LogP contribution is -2.17. The molecule has 0 unspecified atom stereocenters. The van der Waals surface area contributed by atoms with Crippen LogP contribution in [0, 0.1) is 6.92 Å². The molecular weight excluding hydrogens is 288 g/mol. The zero-order valence-electron chi connectivity index (χ0n) is 10.4. The largest absolute Gasteiger partial charge is 0.381 e. The van der Waals surface area contributed by atoms with Gasteiger partial charge in [-0.15, -0.1) is 0 Å². The molecule has 2 aromatic rings. The van der Waals surface area contributed by atoms with Crippen LogP contribution in [-0.4, -0.2) is 18.0 Å². The number of nitrogens with two attached hydrogens (primary N) is 1. The second kappa shape index (κ2) is 4.75. The van der Waals surface area contributed by atoms with Crippen molar-refractivity contribution in [2.75, 3.05) is 10.5 Å². The number of imidazole rings is 1. The SMILES string of the molecule is Cc1ccc(NS(=O)(=O)c2c(N)ncn2C)cc1Cl. The van der Waals surface area contributed by atoms with Crippen molar-refractivity contribution in [3.05, 3.63) is 35.1 Å². The van der Waals surface area contributed by atoms with E-state index < -0.39 is 10.0 Å². The molecule has 6 nitrogen and oxygen atoms in total. The molecule has 0 amide bonds. The highest BCUT2D eigenvalue weighted by atomic mass is 35.5. The summed E-state index contributed by atoms with van der Waals surface area (Å²) < 4.78 is 28.2. The Balaban J connectivity index is 2.39. The molecule has 0 atom stereocenters. The summed E-state index contributed by atoms with van der Waals surface area (Å²) in [4.78, 5) is 3.75. The monoisotopic (exact) mass is 300 g/mol. The van der Waals surface area contributed by atoms with Crippen LogP contribution in [0.25, 0.3) is 0 Å². The quantitative estimate of drug-likeness (QED) is 0.904. The second-order valence-corrected chi connectivity index (χ2v) is 6.12. The van der Waals surface area contributed by atoms with Crippen molar-refractivity contribution in [2.45, 2.75) is 11.9 Å². The number of nitrogen functional groups attached to an aromatic ring is 1. The van der Waals surface area contributed by atoms with E-state index in [1.165, 1.54) is 10.9 Å². The second-order valence-electron chi connectivity index (χ2n) is 4.12. The van der Waals surface area contributed by atoms with Gasteiger partial charge in [-0.05, 0) is 24.6 Å². The Morgan fingerprint density at radius 1 is 1.42 bits per heavy atom. The van der Waals surface area contributed by atoms with Crippen LogP contribution >= 0.6 is 11.6 Å². The van der Waals surface area contributed by atoms with Crippen LogP contribution in [0.15, 0.2) is 29.6 Å². The van der Waals surface area contributed by atoms with Crippen LogP contribution in [0.2, 0.25) is 5.02 Å². The van der Waals surface area contributed by atoms with Gasteiger partial charge in [0.05, 0.1) is 12.0 Å². The zero-order valence-corrected chi connectivity index (χ0v) is 12.0. The molecule has 0 bridgehead atoms. The normalized spacial score (nSPS) is 11.5. The van der Waals surface area contributed by atoms with E-state index in [-0.39, 0.29) is 10.8 Å². The van der Waals surface area contributed by atoms with Crippen LogP contribution < -0.4 is 10.5 Å². The van der Waals surface area contributed by atoms with Gasteiger partial charge >= 0.3 is 0 Å². The molecule has 0 saturated heterocycles. The minimum atomic E-state index is -3.79. The Morgan fingerprint density at radius 3 is 2.63 bits per heavy atom. The van der Waals surface area contributed by atoms with Crippen molar-refractivity contribution in [1.82, 2.24) is 9.55 Å². The number of halogens is 1. The van der Waals surface area contributed by atoms with E-state index >= 15 is 0 Å². The van der Waals surface area contributed by atoms with Gasteiger partial charge in [-0.1, -0.05) is 17.7 Å². The lowest BCUT2D eigenvalue weighted by Gasteiger charge is -2.10. The number of benzene rings is 1. The first kappa shape index (κ1) is 13.7. The molecule has 0 aliphatic heterocycles. The topological polar surface area (TPSA) is 90.0 Å².